The molecule has 0 aliphatic heterocycles. The number of carbonyl (C=O) groups is 1. The monoisotopic (exact) mass is 328 g/mol. The molecule has 6 heteroatoms. The minimum atomic E-state index is -0.900. The number of pyridine rings is 1. The van der Waals surface area contributed by atoms with Crippen LogP contribution in [0.15, 0.2) is 48.0 Å². The number of benzene rings is 1. The minimum absolute atomic E-state index is 0.170. The number of carboxylic acids is 1. The van der Waals surface area contributed by atoms with Crippen LogP contribution >= 0.6 is 11.3 Å². The highest BCUT2D eigenvalue weighted by Gasteiger charge is 2.17. The number of aromatic nitrogens is 1. The van der Waals surface area contributed by atoms with Gasteiger partial charge in [-0.3, -0.25) is 15.1 Å². The Morgan fingerprint density at radius 3 is 2.74 bits per heavy atom. The summed E-state index contributed by atoms with van der Waals surface area (Å²) in [6.45, 7) is 0.440. The number of carboxylic acid groups (broad SMARTS) is 1. The fraction of sp³-hybridized carbons (Fsp3) is 0.176. The van der Waals surface area contributed by atoms with E-state index in [0.717, 1.165) is 21.3 Å². The van der Waals surface area contributed by atoms with E-state index in [2.05, 4.69) is 10.3 Å². The largest absolute Gasteiger partial charge is 0.508 e. The maximum Gasteiger partial charge on any atom is 0.321 e. The molecule has 0 radical (unpaired) electrons. The van der Waals surface area contributed by atoms with E-state index in [1.807, 2.05) is 17.5 Å². The van der Waals surface area contributed by atoms with Crippen molar-refractivity contribution in [2.24, 2.45) is 0 Å². The van der Waals surface area contributed by atoms with E-state index >= 15 is 0 Å². The molecule has 0 saturated carbocycles. The normalized spacial score (nSPS) is 12.3. The number of thiophene rings is 1. The van der Waals surface area contributed by atoms with E-state index in [1.165, 1.54) is 0 Å². The number of phenolic OH excluding ortho intramolecular Hbond substituents is 1. The van der Waals surface area contributed by atoms with Gasteiger partial charge in [0.25, 0.3) is 0 Å². The highest BCUT2D eigenvalue weighted by atomic mass is 32.1. The lowest BCUT2D eigenvalue weighted by Crippen LogP contribution is -2.38. The van der Waals surface area contributed by atoms with Crippen molar-refractivity contribution in [1.82, 2.24) is 10.3 Å². The van der Waals surface area contributed by atoms with Gasteiger partial charge in [0.05, 0.1) is 10.2 Å². The van der Waals surface area contributed by atoms with E-state index in [0.29, 0.717) is 13.0 Å². The minimum Gasteiger partial charge on any atom is -0.508 e. The Hall–Kier alpha value is -2.44. The van der Waals surface area contributed by atoms with Gasteiger partial charge in [0.1, 0.15) is 11.8 Å². The summed E-state index contributed by atoms with van der Waals surface area (Å²) in [4.78, 5) is 15.8. The summed E-state index contributed by atoms with van der Waals surface area (Å²) < 4.78 is 1.09. The van der Waals surface area contributed by atoms with Crippen LogP contribution < -0.4 is 5.32 Å². The number of rotatable bonds is 6. The number of hydrogen-bond acceptors (Lipinski definition) is 5. The fourth-order valence-corrected chi connectivity index (χ4v) is 3.14. The van der Waals surface area contributed by atoms with Crippen molar-refractivity contribution in [3.05, 3.63) is 59.1 Å². The van der Waals surface area contributed by atoms with Gasteiger partial charge in [-0.15, -0.1) is 11.3 Å². The van der Waals surface area contributed by atoms with Crippen LogP contribution in [0.25, 0.3) is 10.2 Å². The maximum absolute atomic E-state index is 11.4. The zero-order valence-corrected chi connectivity index (χ0v) is 13.1. The summed E-state index contributed by atoms with van der Waals surface area (Å²) in [5.74, 6) is -0.729. The summed E-state index contributed by atoms with van der Waals surface area (Å²) in [6.07, 6.45) is 2.12. The molecule has 1 atom stereocenters. The summed E-state index contributed by atoms with van der Waals surface area (Å²) in [5, 5.41) is 23.7. The Morgan fingerprint density at radius 2 is 2.00 bits per heavy atom. The molecule has 3 N–H and O–H groups in total. The third kappa shape index (κ3) is 3.85. The summed E-state index contributed by atoms with van der Waals surface area (Å²) in [5.41, 5.74) is 2.77. The number of phenols is 1. The number of hydrogen-bond donors (Lipinski definition) is 3. The molecule has 23 heavy (non-hydrogen) atoms. The van der Waals surface area contributed by atoms with Crippen LogP contribution in [0.5, 0.6) is 5.75 Å². The van der Waals surface area contributed by atoms with Crippen molar-refractivity contribution in [2.45, 2.75) is 19.0 Å². The molecule has 0 fully saturated rings. The number of nitrogens with one attached hydrogen (secondary N) is 1. The molecule has 0 spiro atoms. The van der Waals surface area contributed by atoms with E-state index in [4.69, 9.17) is 0 Å². The Labute approximate surface area is 137 Å². The van der Waals surface area contributed by atoms with Gasteiger partial charge in [0, 0.05) is 12.7 Å². The third-order valence-corrected chi connectivity index (χ3v) is 4.44. The van der Waals surface area contributed by atoms with E-state index < -0.39 is 12.0 Å². The number of aromatic hydroxyl groups is 1. The van der Waals surface area contributed by atoms with Crippen molar-refractivity contribution in [2.75, 3.05) is 0 Å². The number of nitrogens with zero attached hydrogens (tertiary/aromatic N) is 1. The smallest absolute Gasteiger partial charge is 0.321 e. The van der Waals surface area contributed by atoms with Gasteiger partial charge in [-0.25, -0.2) is 0 Å². The Balaban J connectivity index is 1.67. The molecule has 1 aromatic carbocycles. The molecule has 0 bridgehead atoms. The Kier molecular flexibility index (Phi) is 4.55. The van der Waals surface area contributed by atoms with Crippen LogP contribution in [-0.4, -0.2) is 27.2 Å². The first-order valence-corrected chi connectivity index (χ1v) is 8.06. The molecule has 3 aromatic rings. The standard InChI is InChI=1S/C17H16N2O3S/c20-13-3-1-11(2-4-13)7-15(17(21)22)19-10-12-8-16-14(18-9-12)5-6-23-16/h1-6,8-9,15,19-20H,7,10H2,(H,21,22)/t15-/m0/s1. The molecule has 0 saturated heterocycles. The second kappa shape index (κ2) is 6.76. The molecule has 3 rings (SSSR count). The van der Waals surface area contributed by atoms with Crippen molar-refractivity contribution in [3.63, 3.8) is 0 Å². The average molecular weight is 328 g/mol. The summed E-state index contributed by atoms with van der Waals surface area (Å²) >= 11 is 1.62. The third-order valence-electron chi connectivity index (χ3n) is 3.59. The highest BCUT2D eigenvalue weighted by Crippen LogP contribution is 2.19. The fourth-order valence-electron chi connectivity index (χ4n) is 2.34. The van der Waals surface area contributed by atoms with Crippen LogP contribution in [0.3, 0.4) is 0 Å². The van der Waals surface area contributed by atoms with E-state index in [-0.39, 0.29) is 5.75 Å². The Bertz CT molecular complexity index is 814. The first-order chi connectivity index (χ1) is 11.1. The van der Waals surface area contributed by atoms with Gasteiger partial charge in [-0.05, 0) is 47.2 Å². The SMILES string of the molecule is O=C(O)[C@H](Cc1ccc(O)cc1)NCc1cnc2ccsc2c1. The number of fused-ring (bicyclic) bond motifs is 1. The number of aliphatic carboxylic acids is 1. The molecule has 0 amide bonds. The van der Waals surface area contributed by atoms with Crippen LogP contribution in [0.1, 0.15) is 11.1 Å². The lowest BCUT2D eigenvalue weighted by Gasteiger charge is -2.14. The van der Waals surface area contributed by atoms with E-state index in [9.17, 15) is 15.0 Å². The van der Waals surface area contributed by atoms with Gasteiger partial charge in [0.2, 0.25) is 0 Å². The van der Waals surface area contributed by atoms with Gasteiger partial charge in [-0.2, -0.15) is 0 Å². The summed E-state index contributed by atoms with van der Waals surface area (Å²) in [6, 6.07) is 9.87. The molecular formula is C17H16N2O3S. The van der Waals surface area contributed by atoms with Gasteiger partial charge in [0.15, 0.2) is 0 Å². The average Bonchev–Trinajstić information content (AvgIpc) is 3.00. The molecule has 2 heterocycles. The predicted octanol–water partition coefficient (Wildman–Crippen LogP) is 2.79. The zero-order chi connectivity index (χ0) is 16.2. The second-order valence-electron chi connectivity index (χ2n) is 5.29. The van der Waals surface area contributed by atoms with Crippen LogP contribution in [0.2, 0.25) is 0 Å². The molecule has 0 aliphatic carbocycles. The topological polar surface area (TPSA) is 82.5 Å². The maximum atomic E-state index is 11.4. The zero-order valence-electron chi connectivity index (χ0n) is 12.3. The first-order valence-electron chi connectivity index (χ1n) is 7.18. The Morgan fingerprint density at radius 1 is 1.22 bits per heavy atom. The van der Waals surface area contributed by atoms with Crippen LogP contribution in [0, 0.1) is 0 Å². The summed E-state index contributed by atoms with van der Waals surface area (Å²) in [7, 11) is 0. The van der Waals surface area contributed by atoms with E-state index in [1.54, 1.807) is 41.8 Å². The van der Waals surface area contributed by atoms with Crippen LogP contribution in [-0.2, 0) is 17.8 Å². The van der Waals surface area contributed by atoms with Crippen molar-refractivity contribution in [1.29, 1.82) is 0 Å². The van der Waals surface area contributed by atoms with Gasteiger partial charge in [-0.1, -0.05) is 12.1 Å². The van der Waals surface area contributed by atoms with Crippen molar-refractivity contribution in [3.8, 4) is 5.75 Å². The predicted molar refractivity (Wildman–Crippen MR) is 89.7 cm³/mol. The lowest BCUT2D eigenvalue weighted by atomic mass is 10.1. The van der Waals surface area contributed by atoms with Crippen LogP contribution in [0.4, 0.5) is 0 Å². The van der Waals surface area contributed by atoms with Crippen molar-refractivity contribution < 1.29 is 15.0 Å². The molecule has 5 nitrogen and oxygen atoms in total. The molecular weight excluding hydrogens is 312 g/mol. The van der Waals surface area contributed by atoms with Gasteiger partial charge >= 0.3 is 5.97 Å². The first kappa shape index (κ1) is 15.5. The molecule has 0 aliphatic rings. The highest BCUT2D eigenvalue weighted by molar-refractivity contribution is 7.17. The quantitative estimate of drug-likeness (QED) is 0.648. The van der Waals surface area contributed by atoms with Gasteiger partial charge < -0.3 is 10.2 Å². The second-order valence-corrected chi connectivity index (χ2v) is 6.24. The van der Waals surface area contributed by atoms with Crippen molar-refractivity contribution >= 4 is 27.5 Å². The molecule has 118 valence electrons. The molecule has 2 aromatic heterocycles. The molecule has 0 unspecified atom stereocenters. The lowest BCUT2D eigenvalue weighted by molar-refractivity contribution is -0.139.